The highest BCUT2D eigenvalue weighted by Crippen LogP contribution is 2.22. The number of rotatable bonds is 4. The van der Waals surface area contributed by atoms with Crippen molar-refractivity contribution in [2.45, 2.75) is 26.8 Å². The van der Waals surface area contributed by atoms with E-state index in [2.05, 4.69) is 31.0 Å². The van der Waals surface area contributed by atoms with E-state index in [0.717, 1.165) is 22.4 Å². The van der Waals surface area contributed by atoms with Crippen molar-refractivity contribution < 1.29 is 4.79 Å². The van der Waals surface area contributed by atoms with Crippen molar-refractivity contribution in [1.29, 1.82) is 0 Å². The van der Waals surface area contributed by atoms with Gasteiger partial charge in [-0.15, -0.1) is 0 Å². The van der Waals surface area contributed by atoms with Crippen molar-refractivity contribution in [2.24, 2.45) is 0 Å². The number of imidazole rings is 1. The molecular formula is C11H13BrN4O. The molecule has 2 aromatic rings. The molecule has 0 saturated heterocycles. The van der Waals surface area contributed by atoms with E-state index in [4.69, 9.17) is 0 Å². The second-order valence-corrected chi connectivity index (χ2v) is 4.49. The van der Waals surface area contributed by atoms with Crippen LogP contribution in [-0.2, 0) is 13.0 Å². The number of ketones is 1. The van der Waals surface area contributed by atoms with Gasteiger partial charge in [0.15, 0.2) is 5.82 Å². The zero-order valence-corrected chi connectivity index (χ0v) is 11.3. The third-order valence-electron chi connectivity index (χ3n) is 2.54. The first kappa shape index (κ1) is 12.0. The number of carbonyl (C=O) groups is 1. The third kappa shape index (κ3) is 2.31. The van der Waals surface area contributed by atoms with Crippen LogP contribution in [0.5, 0.6) is 0 Å². The van der Waals surface area contributed by atoms with E-state index in [0.29, 0.717) is 12.2 Å². The second-order valence-electron chi connectivity index (χ2n) is 3.70. The topological polar surface area (TPSA) is 63.6 Å². The Labute approximate surface area is 107 Å². The van der Waals surface area contributed by atoms with Crippen molar-refractivity contribution >= 4 is 21.7 Å². The van der Waals surface area contributed by atoms with E-state index in [1.54, 1.807) is 12.4 Å². The molecule has 90 valence electrons. The summed E-state index contributed by atoms with van der Waals surface area (Å²) in [6.45, 7) is 4.66. The minimum atomic E-state index is -0.0368. The summed E-state index contributed by atoms with van der Waals surface area (Å²) < 4.78 is 2.74. The lowest BCUT2D eigenvalue weighted by Gasteiger charge is -2.03. The Kier molecular flexibility index (Phi) is 3.42. The normalized spacial score (nSPS) is 10.8. The molecule has 17 heavy (non-hydrogen) atoms. The molecule has 1 N–H and O–H groups in total. The van der Waals surface area contributed by atoms with Gasteiger partial charge >= 0.3 is 0 Å². The first-order chi connectivity index (χ1) is 8.13. The van der Waals surface area contributed by atoms with Crippen molar-refractivity contribution in [3.63, 3.8) is 0 Å². The highest BCUT2D eigenvalue weighted by molar-refractivity contribution is 9.10. The molecule has 0 spiro atoms. The third-order valence-corrected chi connectivity index (χ3v) is 3.57. The van der Waals surface area contributed by atoms with Gasteiger partial charge in [-0.05, 0) is 29.8 Å². The number of Topliss-reactive ketones (excluding diaryl/α,β-unsaturated/α-hetero) is 1. The SMILES string of the molecule is CCn1nc(C)c(Br)c1CC(=O)c1ncc[nH]1. The summed E-state index contributed by atoms with van der Waals surface area (Å²) in [6.07, 6.45) is 3.51. The van der Waals surface area contributed by atoms with Crippen molar-refractivity contribution in [1.82, 2.24) is 19.7 Å². The smallest absolute Gasteiger partial charge is 0.203 e. The second kappa shape index (κ2) is 4.83. The lowest BCUT2D eigenvalue weighted by atomic mass is 10.2. The Bertz CT molecular complexity index is 530. The highest BCUT2D eigenvalue weighted by Gasteiger charge is 2.17. The molecule has 5 nitrogen and oxygen atoms in total. The van der Waals surface area contributed by atoms with Crippen LogP contribution in [0.3, 0.4) is 0 Å². The van der Waals surface area contributed by atoms with Crippen LogP contribution >= 0.6 is 15.9 Å². The lowest BCUT2D eigenvalue weighted by Crippen LogP contribution is -2.11. The standard InChI is InChI=1S/C11H13BrN4O/c1-3-16-8(10(12)7(2)15-16)6-9(17)11-13-4-5-14-11/h4-5H,3,6H2,1-2H3,(H,13,14). The molecule has 0 fully saturated rings. The Morgan fingerprint density at radius 2 is 2.35 bits per heavy atom. The molecule has 2 heterocycles. The monoisotopic (exact) mass is 296 g/mol. The predicted octanol–water partition coefficient (Wildman–Crippen LogP) is 2.12. The number of halogens is 1. The average Bonchev–Trinajstić information content (AvgIpc) is 2.92. The Hall–Kier alpha value is -1.43. The maximum atomic E-state index is 11.9. The van der Waals surface area contributed by atoms with Crippen LogP contribution in [0.2, 0.25) is 0 Å². The molecule has 0 aliphatic heterocycles. The molecule has 0 radical (unpaired) electrons. The summed E-state index contributed by atoms with van der Waals surface area (Å²) in [6, 6.07) is 0. The van der Waals surface area contributed by atoms with E-state index in [-0.39, 0.29) is 5.78 Å². The summed E-state index contributed by atoms with van der Waals surface area (Å²) in [4.78, 5) is 18.7. The highest BCUT2D eigenvalue weighted by atomic mass is 79.9. The van der Waals surface area contributed by atoms with Crippen LogP contribution in [-0.4, -0.2) is 25.5 Å². The van der Waals surface area contributed by atoms with Gasteiger partial charge in [0.05, 0.1) is 22.3 Å². The van der Waals surface area contributed by atoms with Gasteiger partial charge in [0.2, 0.25) is 5.78 Å². The Morgan fingerprint density at radius 1 is 1.59 bits per heavy atom. The van der Waals surface area contributed by atoms with Gasteiger partial charge in [-0.25, -0.2) is 4.98 Å². The van der Waals surface area contributed by atoms with Gasteiger partial charge < -0.3 is 4.98 Å². The molecule has 2 rings (SSSR count). The number of aryl methyl sites for hydroxylation is 2. The van der Waals surface area contributed by atoms with Crippen LogP contribution in [0, 0.1) is 6.92 Å². The minimum absolute atomic E-state index is 0.0368. The zero-order valence-electron chi connectivity index (χ0n) is 9.70. The van der Waals surface area contributed by atoms with E-state index >= 15 is 0 Å². The quantitative estimate of drug-likeness (QED) is 0.879. The first-order valence-electron chi connectivity index (χ1n) is 5.37. The molecule has 0 aliphatic rings. The molecule has 2 aromatic heterocycles. The molecule has 0 unspecified atom stereocenters. The summed E-state index contributed by atoms with van der Waals surface area (Å²) in [7, 11) is 0. The van der Waals surface area contributed by atoms with Gasteiger partial charge in [0.1, 0.15) is 0 Å². The molecule has 6 heteroatoms. The summed E-state index contributed by atoms with van der Waals surface area (Å²) in [5.74, 6) is 0.351. The van der Waals surface area contributed by atoms with E-state index < -0.39 is 0 Å². The molecule has 0 atom stereocenters. The maximum absolute atomic E-state index is 11.9. The first-order valence-corrected chi connectivity index (χ1v) is 6.17. The van der Waals surface area contributed by atoms with Crippen LogP contribution < -0.4 is 0 Å². The molecule has 0 bridgehead atoms. The minimum Gasteiger partial charge on any atom is -0.342 e. The fourth-order valence-corrected chi connectivity index (χ4v) is 2.12. The summed E-state index contributed by atoms with van der Waals surface area (Å²) in [5, 5.41) is 4.35. The molecule has 0 saturated carbocycles. The number of hydrogen-bond donors (Lipinski definition) is 1. The number of carbonyl (C=O) groups excluding carboxylic acids is 1. The maximum Gasteiger partial charge on any atom is 0.203 e. The number of nitrogens with one attached hydrogen (secondary N) is 1. The van der Waals surface area contributed by atoms with Crippen LogP contribution in [0.25, 0.3) is 0 Å². The van der Waals surface area contributed by atoms with Gasteiger partial charge in [-0.2, -0.15) is 5.10 Å². The number of aromatic nitrogens is 4. The number of H-pyrrole nitrogens is 1. The fourth-order valence-electron chi connectivity index (χ4n) is 1.69. The van der Waals surface area contributed by atoms with Gasteiger partial charge in [0.25, 0.3) is 0 Å². The largest absolute Gasteiger partial charge is 0.342 e. The molecule has 0 amide bonds. The predicted molar refractivity (Wildman–Crippen MR) is 67.0 cm³/mol. The van der Waals surface area contributed by atoms with E-state index in [9.17, 15) is 4.79 Å². The van der Waals surface area contributed by atoms with E-state index in [1.807, 2.05) is 18.5 Å². The molecule has 0 aliphatic carbocycles. The summed E-state index contributed by atoms with van der Waals surface area (Å²) >= 11 is 3.47. The number of nitrogens with zero attached hydrogens (tertiary/aromatic N) is 3. The zero-order chi connectivity index (χ0) is 12.4. The molecular weight excluding hydrogens is 284 g/mol. The Balaban J connectivity index is 2.27. The van der Waals surface area contributed by atoms with Crippen molar-refractivity contribution in [2.75, 3.05) is 0 Å². The van der Waals surface area contributed by atoms with Gasteiger partial charge in [-0.1, -0.05) is 0 Å². The van der Waals surface area contributed by atoms with Crippen LogP contribution in [0.4, 0.5) is 0 Å². The number of aromatic amines is 1. The van der Waals surface area contributed by atoms with Crippen LogP contribution in [0.15, 0.2) is 16.9 Å². The van der Waals surface area contributed by atoms with Crippen LogP contribution in [0.1, 0.15) is 28.9 Å². The number of hydrogen-bond acceptors (Lipinski definition) is 3. The molecule has 0 aromatic carbocycles. The van der Waals surface area contributed by atoms with Gasteiger partial charge in [0, 0.05) is 18.9 Å². The van der Waals surface area contributed by atoms with E-state index in [1.165, 1.54) is 0 Å². The lowest BCUT2D eigenvalue weighted by molar-refractivity contribution is 0.0981. The fraction of sp³-hybridized carbons (Fsp3) is 0.364. The summed E-state index contributed by atoms with van der Waals surface area (Å²) in [5.41, 5.74) is 1.79. The average molecular weight is 297 g/mol. The Morgan fingerprint density at radius 3 is 2.94 bits per heavy atom. The van der Waals surface area contributed by atoms with Gasteiger partial charge in [-0.3, -0.25) is 9.48 Å². The van der Waals surface area contributed by atoms with Crippen molar-refractivity contribution in [3.8, 4) is 0 Å². The van der Waals surface area contributed by atoms with Crippen molar-refractivity contribution in [3.05, 3.63) is 34.1 Å².